The molecule has 3 aromatic rings. The van der Waals surface area contributed by atoms with Crippen molar-refractivity contribution < 1.29 is 23.8 Å². The molecule has 0 spiro atoms. The summed E-state index contributed by atoms with van der Waals surface area (Å²) in [4.78, 5) is 28.0. The number of carboxylic acid groups (broad SMARTS) is 1. The number of benzene rings is 2. The summed E-state index contributed by atoms with van der Waals surface area (Å²) in [5, 5.41) is 12.1. The summed E-state index contributed by atoms with van der Waals surface area (Å²) >= 11 is 6.01. The summed E-state index contributed by atoms with van der Waals surface area (Å²) in [6.45, 7) is 1.72. The van der Waals surface area contributed by atoms with Gasteiger partial charge in [-0.15, -0.1) is 0 Å². The zero-order valence-electron chi connectivity index (χ0n) is 15.9. The van der Waals surface area contributed by atoms with Gasteiger partial charge in [-0.2, -0.15) is 0 Å². The number of pyridine rings is 1. The highest BCUT2D eigenvalue weighted by atomic mass is 35.5. The largest absolute Gasteiger partial charge is 0.487 e. The molecule has 1 aromatic heterocycles. The van der Waals surface area contributed by atoms with Gasteiger partial charge in [0.25, 0.3) is 5.91 Å². The number of aromatic nitrogens is 1. The van der Waals surface area contributed by atoms with Crippen molar-refractivity contribution in [1.82, 2.24) is 10.3 Å². The minimum absolute atomic E-state index is 0.0505. The van der Waals surface area contributed by atoms with Crippen molar-refractivity contribution in [2.24, 2.45) is 0 Å². The summed E-state index contributed by atoms with van der Waals surface area (Å²) in [5.41, 5.74) is 1.47. The van der Waals surface area contributed by atoms with E-state index >= 15 is 0 Å². The lowest BCUT2D eigenvalue weighted by Crippen LogP contribution is -2.28. The molecule has 0 saturated heterocycles. The van der Waals surface area contributed by atoms with E-state index in [1.54, 1.807) is 25.1 Å². The van der Waals surface area contributed by atoms with Crippen molar-refractivity contribution in [2.75, 3.05) is 0 Å². The van der Waals surface area contributed by atoms with Crippen molar-refractivity contribution in [1.29, 1.82) is 0 Å². The molecule has 30 heavy (non-hydrogen) atoms. The molecule has 0 aliphatic carbocycles. The van der Waals surface area contributed by atoms with Crippen molar-refractivity contribution in [3.63, 3.8) is 0 Å². The minimum Gasteiger partial charge on any atom is -0.487 e. The molecule has 8 heteroatoms. The third-order valence-corrected chi connectivity index (χ3v) is 4.57. The number of hydrogen-bond acceptors (Lipinski definition) is 4. The Morgan fingerprint density at radius 3 is 2.60 bits per heavy atom. The first kappa shape index (κ1) is 21.3. The Morgan fingerprint density at radius 2 is 1.93 bits per heavy atom. The Bertz CT molecular complexity index is 1070. The fraction of sp³-hybridized carbons (Fsp3) is 0.136. The molecule has 0 aliphatic rings. The molecule has 0 aliphatic heterocycles. The Hall–Kier alpha value is -3.45. The highest BCUT2D eigenvalue weighted by Gasteiger charge is 2.17. The Kier molecular flexibility index (Phi) is 6.64. The highest BCUT2D eigenvalue weighted by Crippen LogP contribution is 2.20. The standard InChI is InChI=1S/C22H18ClFN2O4/c1-13(14-5-7-15(8-6-14)22(28)29)26-21(27)19-9-16(23)11-25-20(19)12-30-18-4-2-3-17(24)10-18/h2-11,13H,12H2,1H3,(H,26,27)(H,28,29)/t13-/m0/s1. The molecule has 154 valence electrons. The summed E-state index contributed by atoms with van der Waals surface area (Å²) in [6.07, 6.45) is 1.40. The van der Waals surface area contributed by atoms with Crippen LogP contribution in [-0.4, -0.2) is 22.0 Å². The van der Waals surface area contributed by atoms with Gasteiger partial charge in [0, 0.05) is 12.3 Å². The van der Waals surface area contributed by atoms with Crippen molar-refractivity contribution in [3.05, 3.63) is 94.0 Å². The number of carbonyl (C=O) groups excluding carboxylic acids is 1. The van der Waals surface area contributed by atoms with Crippen molar-refractivity contribution in [3.8, 4) is 5.75 Å². The first-order chi connectivity index (χ1) is 14.3. The Morgan fingerprint density at radius 1 is 1.20 bits per heavy atom. The number of nitrogens with one attached hydrogen (secondary N) is 1. The number of amides is 1. The van der Waals surface area contributed by atoms with Crippen LogP contribution < -0.4 is 10.1 Å². The minimum atomic E-state index is -1.02. The number of ether oxygens (including phenoxy) is 1. The first-order valence-electron chi connectivity index (χ1n) is 9.00. The van der Waals surface area contributed by atoms with Crippen molar-refractivity contribution in [2.45, 2.75) is 19.6 Å². The summed E-state index contributed by atoms with van der Waals surface area (Å²) in [6, 6.07) is 13.0. The van der Waals surface area contributed by atoms with E-state index in [2.05, 4.69) is 10.3 Å². The summed E-state index contributed by atoms with van der Waals surface area (Å²) in [5.74, 6) is -1.56. The second-order valence-electron chi connectivity index (χ2n) is 6.52. The van der Waals surface area contributed by atoms with Crippen LogP contribution in [0.25, 0.3) is 0 Å². The maximum Gasteiger partial charge on any atom is 0.335 e. The van der Waals surface area contributed by atoms with Gasteiger partial charge in [0.1, 0.15) is 18.2 Å². The first-order valence-corrected chi connectivity index (χ1v) is 9.38. The monoisotopic (exact) mass is 428 g/mol. The zero-order valence-corrected chi connectivity index (χ0v) is 16.7. The molecule has 2 N–H and O–H groups in total. The number of carbonyl (C=O) groups is 2. The molecule has 1 atom stereocenters. The average molecular weight is 429 g/mol. The topological polar surface area (TPSA) is 88.5 Å². The third-order valence-electron chi connectivity index (χ3n) is 4.36. The normalized spacial score (nSPS) is 11.6. The van der Waals surface area contributed by atoms with Crippen LogP contribution in [-0.2, 0) is 6.61 Å². The molecular weight excluding hydrogens is 411 g/mol. The fourth-order valence-electron chi connectivity index (χ4n) is 2.76. The van der Waals surface area contributed by atoms with E-state index < -0.39 is 23.7 Å². The number of hydrogen-bond donors (Lipinski definition) is 2. The summed E-state index contributed by atoms with van der Waals surface area (Å²) in [7, 11) is 0. The fourth-order valence-corrected chi connectivity index (χ4v) is 2.92. The van der Waals surface area contributed by atoms with Gasteiger partial charge in [-0.3, -0.25) is 9.78 Å². The predicted molar refractivity (Wildman–Crippen MR) is 109 cm³/mol. The van der Waals surface area contributed by atoms with Crippen LogP contribution in [0.2, 0.25) is 5.02 Å². The molecule has 0 radical (unpaired) electrons. The summed E-state index contributed by atoms with van der Waals surface area (Å²) < 4.78 is 18.9. The highest BCUT2D eigenvalue weighted by molar-refractivity contribution is 6.30. The van der Waals surface area contributed by atoms with Crippen molar-refractivity contribution >= 4 is 23.5 Å². The molecule has 1 heterocycles. The molecule has 0 bridgehead atoms. The number of nitrogens with zero attached hydrogens (tertiary/aromatic N) is 1. The van der Waals surface area contributed by atoms with Crippen LogP contribution in [0.3, 0.4) is 0 Å². The van der Waals surface area contributed by atoms with Gasteiger partial charge in [0.15, 0.2) is 0 Å². The molecule has 6 nitrogen and oxygen atoms in total. The van der Waals surface area contributed by atoms with E-state index in [0.717, 1.165) is 5.56 Å². The second-order valence-corrected chi connectivity index (χ2v) is 6.95. The lowest BCUT2D eigenvalue weighted by Gasteiger charge is -2.16. The molecule has 3 rings (SSSR count). The predicted octanol–water partition coefficient (Wildman–Crippen LogP) is 4.64. The van der Waals surface area contributed by atoms with Gasteiger partial charge in [0.2, 0.25) is 0 Å². The Balaban J connectivity index is 1.74. The maximum atomic E-state index is 13.3. The van der Waals surface area contributed by atoms with Gasteiger partial charge >= 0.3 is 5.97 Å². The number of rotatable bonds is 7. The van der Waals surface area contributed by atoms with Crippen LogP contribution in [0.1, 0.15) is 44.9 Å². The molecule has 1 amide bonds. The van der Waals surface area contributed by atoms with E-state index in [-0.39, 0.29) is 22.8 Å². The smallest absolute Gasteiger partial charge is 0.335 e. The number of halogens is 2. The Labute approximate surface area is 177 Å². The van der Waals surface area contributed by atoms with Gasteiger partial charge in [0.05, 0.1) is 27.9 Å². The molecule has 0 saturated carbocycles. The molecule has 2 aromatic carbocycles. The lowest BCUT2D eigenvalue weighted by atomic mass is 10.1. The third kappa shape index (κ3) is 5.33. The van der Waals surface area contributed by atoms with E-state index in [1.165, 1.54) is 42.6 Å². The van der Waals surface area contributed by atoms with Gasteiger partial charge < -0.3 is 15.2 Å². The maximum absolute atomic E-state index is 13.3. The molecule has 0 fully saturated rings. The number of aromatic carboxylic acids is 1. The van der Waals surface area contributed by atoms with Gasteiger partial charge in [-0.25, -0.2) is 9.18 Å². The quantitative estimate of drug-likeness (QED) is 0.572. The van der Waals surface area contributed by atoms with Crippen LogP contribution >= 0.6 is 11.6 Å². The van der Waals surface area contributed by atoms with E-state index in [4.69, 9.17) is 21.4 Å². The van der Waals surface area contributed by atoms with Crippen LogP contribution in [0.5, 0.6) is 5.75 Å². The van der Waals surface area contributed by atoms with Gasteiger partial charge in [-0.05, 0) is 42.8 Å². The van der Waals surface area contributed by atoms with Crippen LogP contribution in [0.15, 0.2) is 60.8 Å². The molecular formula is C22H18ClFN2O4. The SMILES string of the molecule is C[C@H](NC(=O)c1cc(Cl)cnc1COc1cccc(F)c1)c1ccc(C(=O)O)cc1. The second kappa shape index (κ2) is 9.37. The zero-order chi connectivity index (χ0) is 21.7. The van der Waals surface area contributed by atoms with Gasteiger partial charge in [-0.1, -0.05) is 29.8 Å². The van der Waals surface area contributed by atoms with E-state index in [1.807, 2.05) is 0 Å². The van der Waals surface area contributed by atoms with E-state index in [9.17, 15) is 14.0 Å². The van der Waals surface area contributed by atoms with Crippen LogP contribution in [0, 0.1) is 5.82 Å². The van der Waals surface area contributed by atoms with Crippen LogP contribution in [0.4, 0.5) is 4.39 Å². The molecule has 0 unspecified atom stereocenters. The van der Waals surface area contributed by atoms with E-state index in [0.29, 0.717) is 11.4 Å². The average Bonchev–Trinajstić information content (AvgIpc) is 2.72. The number of carboxylic acids is 1. The lowest BCUT2D eigenvalue weighted by molar-refractivity contribution is 0.0696.